The first-order valence-corrected chi connectivity index (χ1v) is 5.60. The van der Waals surface area contributed by atoms with Gasteiger partial charge in [-0.15, -0.1) is 0 Å². The maximum Gasteiger partial charge on any atom is 0.342 e. The molecule has 0 atom stereocenters. The van der Waals surface area contributed by atoms with E-state index >= 15 is 0 Å². The molecule has 0 unspecified atom stereocenters. The first-order chi connectivity index (χ1) is 7.52. The van der Waals surface area contributed by atoms with Gasteiger partial charge in [-0.1, -0.05) is 12.8 Å². The van der Waals surface area contributed by atoms with Crippen molar-refractivity contribution >= 4 is 11.9 Å². The van der Waals surface area contributed by atoms with Crippen LogP contribution in [-0.2, 0) is 41.1 Å². The summed E-state index contributed by atoms with van der Waals surface area (Å²) in [5, 5.41) is 8.39. The number of unbranched alkanes of at least 4 members (excludes halogenated alkanes) is 3. The molecule has 0 bridgehead atoms. The zero-order valence-electron chi connectivity index (χ0n) is 10.4. The normalized spacial score (nSPS) is 9.82. The van der Waals surface area contributed by atoms with Crippen LogP contribution < -0.4 is 0 Å². The molecule has 0 aliphatic rings. The SMILES string of the molecule is CC(C)OOC(=O)CCCCCCC(=O)O.[Ti]. The Bertz CT molecular complexity index is 218. The van der Waals surface area contributed by atoms with Crippen molar-refractivity contribution < 1.29 is 46.2 Å². The predicted molar refractivity (Wildman–Crippen MR) is 57.7 cm³/mol. The maximum absolute atomic E-state index is 11.0. The van der Waals surface area contributed by atoms with Crippen molar-refractivity contribution in [3.05, 3.63) is 0 Å². The van der Waals surface area contributed by atoms with Gasteiger partial charge < -0.3 is 5.11 Å². The Hall–Kier alpha value is -0.386. The quantitative estimate of drug-likeness (QED) is 0.303. The Morgan fingerprint density at radius 3 is 2.06 bits per heavy atom. The zero-order valence-corrected chi connectivity index (χ0v) is 12.0. The number of carbonyl (C=O) groups excluding carboxylic acids is 1. The van der Waals surface area contributed by atoms with Crippen molar-refractivity contribution in [2.24, 2.45) is 0 Å². The Balaban J connectivity index is 0. The van der Waals surface area contributed by atoms with E-state index in [-0.39, 0.29) is 40.2 Å². The molecule has 6 heteroatoms. The Kier molecular flexibility index (Phi) is 13.5. The second-order valence-electron chi connectivity index (χ2n) is 3.91. The largest absolute Gasteiger partial charge is 0.481 e. The van der Waals surface area contributed by atoms with E-state index in [4.69, 9.17) is 5.11 Å². The molecule has 0 fully saturated rings. The number of rotatable bonds is 9. The molecular formula is C11H20O5Ti. The first-order valence-electron chi connectivity index (χ1n) is 5.60. The number of carbonyl (C=O) groups is 2. The second kappa shape index (κ2) is 12.1. The van der Waals surface area contributed by atoms with E-state index in [0.29, 0.717) is 19.3 Å². The van der Waals surface area contributed by atoms with E-state index in [1.807, 2.05) is 0 Å². The molecule has 0 radical (unpaired) electrons. The number of aliphatic carboxylic acids is 1. The smallest absolute Gasteiger partial charge is 0.342 e. The first kappa shape index (κ1) is 19.0. The van der Waals surface area contributed by atoms with E-state index < -0.39 is 5.97 Å². The van der Waals surface area contributed by atoms with E-state index in [1.54, 1.807) is 13.8 Å². The van der Waals surface area contributed by atoms with Gasteiger partial charge in [-0.2, -0.15) is 4.89 Å². The fourth-order valence-corrected chi connectivity index (χ4v) is 1.09. The molecule has 98 valence electrons. The van der Waals surface area contributed by atoms with Gasteiger partial charge in [-0.3, -0.25) is 9.68 Å². The van der Waals surface area contributed by atoms with Gasteiger partial charge >= 0.3 is 11.9 Å². The second-order valence-corrected chi connectivity index (χ2v) is 3.91. The monoisotopic (exact) mass is 280 g/mol. The maximum atomic E-state index is 11.0. The van der Waals surface area contributed by atoms with Crippen molar-refractivity contribution in [2.45, 2.75) is 58.5 Å². The number of hydrogen-bond acceptors (Lipinski definition) is 4. The molecule has 0 spiro atoms. The van der Waals surface area contributed by atoms with Crippen molar-refractivity contribution in [3.8, 4) is 0 Å². The van der Waals surface area contributed by atoms with Crippen LogP contribution in [0.5, 0.6) is 0 Å². The van der Waals surface area contributed by atoms with Gasteiger partial charge in [0.2, 0.25) is 0 Å². The van der Waals surface area contributed by atoms with Crippen molar-refractivity contribution in [3.63, 3.8) is 0 Å². The molecule has 1 N–H and O–H groups in total. The topological polar surface area (TPSA) is 72.8 Å². The minimum atomic E-state index is -0.773. The summed E-state index contributed by atoms with van der Waals surface area (Å²) in [5.74, 6) is -1.14. The summed E-state index contributed by atoms with van der Waals surface area (Å²) in [6.07, 6.45) is 3.42. The summed E-state index contributed by atoms with van der Waals surface area (Å²) >= 11 is 0. The molecule has 0 heterocycles. The summed E-state index contributed by atoms with van der Waals surface area (Å²) in [7, 11) is 0. The van der Waals surface area contributed by atoms with Gasteiger partial charge in [0.25, 0.3) is 0 Å². The minimum Gasteiger partial charge on any atom is -0.481 e. The number of carboxylic acid groups (broad SMARTS) is 1. The van der Waals surface area contributed by atoms with Crippen LogP contribution >= 0.6 is 0 Å². The number of hydrogen-bond donors (Lipinski definition) is 1. The van der Waals surface area contributed by atoms with Crippen LogP contribution in [-0.4, -0.2) is 23.1 Å². The third-order valence-electron chi connectivity index (χ3n) is 1.86. The van der Waals surface area contributed by atoms with E-state index in [0.717, 1.165) is 12.8 Å². The summed E-state index contributed by atoms with van der Waals surface area (Å²) in [6.45, 7) is 3.55. The molecule has 0 aromatic heterocycles. The van der Waals surface area contributed by atoms with Gasteiger partial charge in [0.15, 0.2) is 0 Å². The molecule has 17 heavy (non-hydrogen) atoms. The summed E-state index contributed by atoms with van der Waals surface area (Å²) in [6, 6.07) is 0. The van der Waals surface area contributed by atoms with Gasteiger partial charge in [-0.05, 0) is 26.7 Å². The van der Waals surface area contributed by atoms with E-state index in [1.165, 1.54) is 0 Å². The van der Waals surface area contributed by atoms with Crippen LogP contribution in [0.1, 0.15) is 52.4 Å². The van der Waals surface area contributed by atoms with Crippen molar-refractivity contribution in [1.29, 1.82) is 0 Å². The molecule has 0 saturated heterocycles. The van der Waals surface area contributed by atoms with Gasteiger partial charge in [0.05, 0.1) is 6.10 Å². The van der Waals surface area contributed by atoms with E-state index in [9.17, 15) is 9.59 Å². The van der Waals surface area contributed by atoms with Crippen LogP contribution in [0.25, 0.3) is 0 Å². The van der Waals surface area contributed by atoms with Crippen LogP contribution in [0.2, 0.25) is 0 Å². The summed E-state index contributed by atoms with van der Waals surface area (Å²) in [5.41, 5.74) is 0. The fourth-order valence-electron chi connectivity index (χ4n) is 1.09. The van der Waals surface area contributed by atoms with Crippen LogP contribution in [0, 0.1) is 0 Å². The molecule has 0 aliphatic heterocycles. The molecule has 0 saturated carbocycles. The summed E-state index contributed by atoms with van der Waals surface area (Å²) in [4.78, 5) is 30.4. The minimum absolute atomic E-state index is 0. The molecular weight excluding hydrogens is 260 g/mol. The van der Waals surface area contributed by atoms with Gasteiger partial charge in [-0.25, -0.2) is 4.79 Å². The fraction of sp³-hybridized carbons (Fsp3) is 0.818. The molecule has 0 amide bonds. The molecule has 0 rings (SSSR count). The van der Waals surface area contributed by atoms with Crippen LogP contribution in [0.4, 0.5) is 0 Å². The van der Waals surface area contributed by atoms with Crippen molar-refractivity contribution in [2.75, 3.05) is 0 Å². The Morgan fingerprint density at radius 1 is 1.06 bits per heavy atom. The van der Waals surface area contributed by atoms with Gasteiger partial charge in [0.1, 0.15) is 0 Å². The number of carboxylic acids is 1. The van der Waals surface area contributed by atoms with Crippen molar-refractivity contribution in [1.82, 2.24) is 0 Å². The average Bonchev–Trinajstić information content (AvgIpc) is 2.19. The van der Waals surface area contributed by atoms with E-state index in [2.05, 4.69) is 9.78 Å². The predicted octanol–water partition coefficient (Wildman–Crippen LogP) is 2.29. The van der Waals surface area contributed by atoms with Crippen LogP contribution in [0.3, 0.4) is 0 Å². The molecule has 0 aromatic carbocycles. The average molecular weight is 280 g/mol. The zero-order chi connectivity index (χ0) is 12.4. The third kappa shape index (κ3) is 15.6. The summed E-state index contributed by atoms with van der Waals surface area (Å²) < 4.78 is 0. The Labute approximate surface area is 117 Å². The third-order valence-corrected chi connectivity index (χ3v) is 1.86. The molecule has 0 aliphatic carbocycles. The van der Waals surface area contributed by atoms with Gasteiger partial charge in [0, 0.05) is 34.6 Å². The molecule has 5 nitrogen and oxygen atoms in total. The standard InChI is InChI=1S/C11H20O5.Ti/c1-9(2)15-16-11(14)8-6-4-3-5-7-10(12)13;/h9H,3-8H2,1-2H3,(H,12,13);. The Morgan fingerprint density at radius 2 is 1.59 bits per heavy atom. The van der Waals surface area contributed by atoms with Crippen LogP contribution in [0.15, 0.2) is 0 Å². The molecule has 0 aromatic rings.